The highest BCUT2D eigenvalue weighted by Crippen LogP contribution is 2.31. The van der Waals surface area contributed by atoms with Crippen molar-refractivity contribution >= 4 is 26.6 Å². The van der Waals surface area contributed by atoms with E-state index in [-0.39, 0.29) is 17.0 Å². The zero-order valence-corrected chi connectivity index (χ0v) is 15.3. The van der Waals surface area contributed by atoms with Gasteiger partial charge in [0.05, 0.1) is 15.9 Å². The van der Waals surface area contributed by atoms with E-state index in [4.69, 9.17) is 5.73 Å². The maximum atomic E-state index is 13.8. The summed E-state index contributed by atoms with van der Waals surface area (Å²) in [6.45, 7) is 1.49. The van der Waals surface area contributed by atoms with E-state index in [1.54, 1.807) is 24.5 Å². The third-order valence-corrected chi connectivity index (χ3v) is 6.40. The van der Waals surface area contributed by atoms with Gasteiger partial charge in [-0.1, -0.05) is 6.08 Å². The molecule has 4 rings (SSSR count). The Balaban J connectivity index is 1.92. The molecule has 0 saturated heterocycles. The Bertz CT molecular complexity index is 1150. The molecule has 27 heavy (non-hydrogen) atoms. The average molecular weight is 386 g/mol. The molecule has 0 radical (unpaired) electrons. The van der Waals surface area contributed by atoms with Crippen LogP contribution in [-0.4, -0.2) is 30.5 Å². The maximum Gasteiger partial charge on any atom is 0.268 e. The number of nitrogens with zero attached hydrogens (tertiary/aromatic N) is 2. The van der Waals surface area contributed by atoms with Crippen molar-refractivity contribution in [2.75, 3.05) is 13.1 Å². The summed E-state index contributed by atoms with van der Waals surface area (Å²) in [6, 6.07) is 7.10. The molecule has 0 bridgehead atoms. The standard InChI is InChI=1S/C19H19FN4O2S/c20-17-4-3-15(10-14(17)11-21)27(25,26)24-12-16(13-5-8-22-9-6-13)19-18(24)2-1-7-23-19/h1-5,7,10,12,22H,6,8-9,11,21H2. The van der Waals surface area contributed by atoms with Crippen molar-refractivity contribution in [3.05, 3.63) is 65.7 Å². The summed E-state index contributed by atoms with van der Waals surface area (Å²) in [5.41, 5.74) is 8.68. The highest BCUT2D eigenvalue weighted by molar-refractivity contribution is 7.90. The Labute approximate surface area is 156 Å². The molecule has 0 aliphatic carbocycles. The van der Waals surface area contributed by atoms with E-state index in [0.29, 0.717) is 11.0 Å². The molecule has 3 heterocycles. The first kappa shape index (κ1) is 17.8. The van der Waals surface area contributed by atoms with Crippen LogP contribution in [0.25, 0.3) is 16.6 Å². The minimum Gasteiger partial charge on any atom is -0.326 e. The van der Waals surface area contributed by atoms with E-state index in [1.807, 2.05) is 6.08 Å². The zero-order valence-electron chi connectivity index (χ0n) is 14.5. The summed E-state index contributed by atoms with van der Waals surface area (Å²) < 4.78 is 41.5. The van der Waals surface area contributed by atoms with Crippen LogP contribution in [-0.2, 0) is 16.6 Å². The van der Waals surface area contributed by atoms with Gasteiger partial charge in [0.1, 0.15) is 5.82 Å². The first-order valence-electron chi connectivity index (χ1n) is 8.62. The van der Waals surface area contributed by atoms with E-state index in [9.17, 15) is 12.8 Å². The monoisotopic (exact) mass is 386 g/mol. The summed E-state index contributed by atoms with van der Waals surface area (Å²) in [7, 11) is -3.92. The van der Waals surface area contributed by atoms with Crippen LogP contribution in [0, 0.1) is 5.82 Å². The van der Waals surface area contributed by atoms with E-state index in [1.165, 1.54) is 16.1 Å². The smallest absolute Gasteiger partial charge is 0.268 e. The Hall–Kier alpha value is -2.55. The number of hydrogen-bond donors (Lipinski definition) is 2. The van der Waals surface area contributed by atoms with Gasteiger partial charge in [0.15, 0.2) is 0 Å². The second-order valence-corrected chi connectivity index (χ2v) is 8.17. The van der Waals surface area contributed by atoms with Crippen LogP contribution in [0.3, 0.4) is 0 Å². The summed E-state index contributed by atoms with van der Waals surface area (Å²) in [5, 5.41) is 3.24. The fourth-order valence-corrected chi connectivity index (χ4v) is 4.72. The predicted octanol–water partition coefficient (Wildman–Crippen LogP) is 2.25. The largest absolute Gasteiger partial charge is 0.326 e. The predicted molar refractivity (Wildman–Crippen MR) is 102 cm³/mol. The van der Waals surface area contributed by atoms with Crippen LogP contribution in [0.5, 0.6) is 0 Å². The van der Waals surface area contributed by atoms with Crippen molar-refractivity contribution in [3.63, 3.8) is 0 Å². The molecule has 0 unspecified atom stereocenters. The van der Waals surface area contributed by atoms with Crippen molar-refractivity contribution in [1.82, 2.24) is 14.3 Å². The van der Waals surface area contributed by atoms with Gasteiger partial charge in [-0.05, 0) is 48.9 Å². The molecule has 1 aliphatic rings. The third kappa shape index (κ3) is 3.05. The van der Waals surface area contributed by atoms with Crippen LogP contribution in [0.1, 0.15) is 17.5 Å². The molecule has 3 N–H and O–H groups in total. The minimum absolute atomic E-state index is 0.00376. The van der Waals surface area contributed by atoms with Gasteiger partial charge >= 0.3 is 0 Å². The van der Waals surface area contributed by atoms with Gasteiger partial charge in [-0.15, -0.1) is 0 Å². The molecule has 1 aliphatic heterocycles. The van der Waals surface area contributed by atoms with Crippen molar-refractivity contribution < 1.29 is 12.8 Å². The van der Waals surface area contributed by atoms with Crippen LogP contribution in [0.4, 0.5) is 4.39 Å². The number of nitrogens with two attached hydrogens (primary N) is 1. The Morgan fingerprint density at radius 3 is 2.89 bits per heavy atom. The van der Waals surface area contributed by atoms with Gasteiger partial charge in [0, 0.05) is 36.6 Å². The summed E-state index contributed by atoms with van der Waals surface area (Å²) in [5.74, 6) is -0.518. The average Bonchev–Trinajstić information content (AvgIpc) is 3.09. The molecule has 3 aromatic rings. The van der Waals surface area contributed by atoms with Crippen LogP contribution in [0.15, 0.2) is 53.7 Å². The Morgan fingerprint density at radius 1 is 1.30 bits per heavy atom. The van der Waals surface area contributed by atoms with Crippen LogP contribution < -0.4 is 11.1 Å². The summed E-state index contributed by atoms with van der Waals surface area (Å²) >= 11 is 0. The molecule has 140 valence electrons. The first-order chi connectivity index (χ1) is 13.0. The van der Waals surface area contributed by atoms with E-state index >= 15 is 0 Å². The van der Waals surface area contributed by atoms with E-state index in [0.717, 1.165) is 36.7 Å². The van der Waals surface area contributed by atoms with Gasteiger partial charge < -0.3 is 11.1 Å². The third-order valence-electron chi connectivity index (χ3n) is 4.73. The van der Waals surface area contributed by atoms with Crippen molar-refractivity contribution in [1.29, 1.82) is 0 Å². The lowest BCUT2D eigenvalue weighted by molar-refractivity contribution is 0.586. The highest BCUT2D eigenvalue weighted by Gasteiger charge is 2.24. The number of pyridine rings is 1. The summed E-state index contributed by atoms with van der Waals surface area (Å²) in [6.07, 6.45) is 6.10. The van der Waals surface area contributed by atoms with Crippen LogP contribution >= 0.6 is 0 Å². The van der Waals surface area contributed by atoms with Gasteiger partial charge in [0.2, 0.25) is 0 Å². The normalized spacial score (nSPS) is 15.1. The van der Waals surface area contributed by atoms with E-state index < -0.39 is 15.8 Å². The fraction of sp³-hybridized carbons (Fsp3) is 0.211. The molecule has 0 fully saturated rings. The molecular formula is C19H19FN4O2S. The lowest BCUT2D eigenvalue weighted by Crippen LogP contribution is -2.20. The van der Waals surface area contributed by atoms with Crippen molar-refractivity contribution in [3.8, 4) is 0 Å². The molecule has 0 amide bonds. The van der Waals surface area contributed by atoms with Crippen molar-refractivity contribution in [2.24, 2.45) is 5.73 Å². The summed E-state index contributed by atoms with van der Waals surface area (Å²) in [4.78, 5) is 4.40. The zero-order chi connectivity index (χ0) is 19.0. The van der Waals surface area contributed by atoms with Gasteiger partial charge in [-0.25, -0.2) is 16.8 Å². The second kappa shape index (κ2) is 6.88. The van der Waals surface area contributed by atoms with Gasteiger partial charge in [-0.2, -0.15) is 0 Å². The minimum atomic E-state index is -3.92. The molecule has 6 nitrogen and oxygen atoms in total. The number of rotatable bonds is 4. The maximum absolute atomic E-state index is 13.8. The Morgan fingerprint density at radius 2 is 2.15 bits per heavy atom. The SMILES string of the molecule is NCc1cc(S(=O)(=O)n2cc(C3=CCNCC3)c3ncccc32)ccc1F. The molecule has 0 spiro atoms. The topological polar surface area (TPSA) is 90.0 Å². The quantitative estimate of drug-likeness (QED) is 0.718. The number of fused-ring (bicyclic) bond motifs is 1. The number of benzene rings is 1. The molecule has 0 atom stereocenters. The van der Waals surface area contributed by atoms with Gasteiger partial charge in [-0.3, -0.25) is 4.98 Å². The molecule has 8 heteroatoms. The number of halogens is 1. The lowest BCUT2D eigenvalue weighted by atomic mass is 10.0. The first-order valence-corrected chi connectivity index (χ1v) is 10.1. The molecule has 0 saturated carbocycles. The fourth-order valence-electron chi connectivity index (χ4n) is 3.31. The molecule has 2 aromatic heterocycles. The van der Waals surface area contributed by atoms with Crippen LogP contribution in [0.2, 0.25) is 0 Å². The second-order valence-electron chi connectivity index (χ2n) is 6.36. The lowest BCUT2D eigenvalue weighted by Gasteiger charge is -2.12. The Kier molecular flexibility index (Phi) is 4.55. The number of aromatic nitrogens is 2. The molecule has 1 aromatic carbocycles. The van der Waals surface area contributed by atoms with Gasteiger partial charge in [0.25, 0.3) is 10.0 Å². The number of nitrogens with one attached hydrogen (secondary N) is 1. The van der Waals surface area contributed by atoms with E-state index in [2.05, 4.69) is 10.3 Å². The molecular weight excluding hydrogens is 367 g/mol. The highest BCUT2D eigenvalue weighted by atomic mass is 32.2. The number of hydrogen-bond acceptors (Lipinski definition) is 5. The van der Waals surface area contributed by atoms with Crippen molar-refractivity contribution in [2.45, 2.75) is 17.9 Å².